The van der Waals surface area contributed by atoms with Crippen molar-refractivity contribution >= 4 is 23.8 Å². The second kappa shape index (κ2) is 5.50. The standard InChI is InChI=1S/C12H10N2O3S/c1-8-13-14-12(17-8)18-10(11(15)16)7-9-5-3-2-4-6-9/h2-7H,1H3,(H,15,16)/b10-7-. The molecule has 6 heteroatoms. The predicted octanol–water partition coefficient (Wildman–Crippen LogP) is 2.60. The number of hydrogen-bond acceptors (Lipinski definition) is 5. The number of carbonyl (C=O) groups is 1. The number of rotatable bonds is 4. The molecule has 0 spiro atoms. The molecule has 0 saturated heterocycles. The van der Waals surface area contributed by atoms with Crippen LogP contribution in [-0.4, -0.2) is 21.3 Å². The van der Waals surface area contributed by atoms with E-state index in [-0.39, 0.29) is 10.1 Å². The Morgan fingerprint density at radius 1 is 1.33 bits per heavy atom. The molecule has 1 aromatic heterocycles. The second-order valence-corrected chi connectivity index (χ2v) is 4.41. The van der Waals surface area contributed by atoms with Gasteiger partial charge in [-0.1, -0.05) is 30.3 Å². The molecular formula is C12H10N2O3S. The molecule has 92 valence electrons. The molecule has 0 aliphatic rings. The van der Waals surface area contributed by atoms with E-state index in [0.29, 0.717) is 5.89 Å². The van der Waals surface area contributed by atoms with Crippen LogP contribution in [0.4, 0.5) is 0 Å². The maximum Gasteiger partial charge on any atom is 0.342 e. The number of benzene rings is 1. The highest BCUT2D eigenvalue weighted by atomic mass is 32.2. The van der Waals surface area contributed by atoms with Crippen LogP contribution in [-0.2, 0) is 4.79 Å². The molecule has 1 heterocycles. The van der Waals surface area contributed by atoms with Gasteiger partial charge in [0.2, 0.25) is 5.89 Å². The van der Waals surface area contributed by atoms with Gasteiger partial charge in [-0.15, -0.1) is 10.2 Å². The van der Waals surface area contributed by atoms with Crippen molar-refractivity contribution in [2.24, 2.45) is 0 Å². The summed E-state index contributed by atoms with van der Waals surface area (Å²) < 4.78 is 5.14. The molecule has 2 rings (SSSR count). The number of aryl methyl sites for hydroxylation is 1. The molecule has 18 heavy (non-hydrogen) atoms. The zero-order valence-corrected chi connectivity index (χ0v) is 10.3. The van der Waals surface area contributed by atoms with E-state index in [1.165, 1.54) is 0 Å². The van der Waals surface area contributed by atoms with Gasteiger partial charge in [0.25, 0.3) is 5.22 Å². The summed E-state index contributed by atoms with van der Waals surface area (Å²) >= 11 is 0.934. The fraction of sp³-hybridized carbons (Fsp3) is 0.0833. The van der Waals surface area contributed by atoms with Crippen LogP contribution < -0.4 is 0 Å². The molecule has 0 bridgehead atoms. The van der Waals surface area contributed by atoms with Crippen molar-refractivity contribution in [2.75, 3.05) is 0 Å². The average molecular weight is 262 g/mol. The molecule has 2 aromatic rings. The lowest BCUT2D eigenvalue weighted by molar-refractivity contribution is -0.131. The topological polar surface area (TPSA) is 76.2 Å². The lowest BCUT2D eigenvalue weighted by Gasteiger charge is -1.98. The Hall–Kier alpha value is -2.08. The summed E-state index contributed by atoms with van der Waals surface area (Å²) in [5.41, 5.74) is 0.804. The summed E-state index contributed by atoms with van der Waals surface area (Å²) in [4.78, 5) is 11.3. The lowest BCUT2D eigenvalue weighted by atomic mass is 10.2. The zero-order valence-electron chi connectivity index (χ0n) is 9.53. The van der Waals surface area contributed by atoms with Crippen LogP contribution in [0.1, 0.15) is 11.5 Å². The number of aromatic nitrogens is 2. The van der Waals surface area contributed by atoms with Crippen molar-refractivity contribution in [3.05, 3.63) is 46.7 Å². The molecule has 1 N–H and O–H groups in total. The minimum atomic E-state index is -1.03. The van der Waals surface area contributed by atoms with E-state index in [0.717, 1.165) is 17.3 Å². The van der Waals surface area contributed by atoms with Gasteiger partial charge in [-0.2, -0.15) is 0 Å². The van der Waals surface area contributed by atoms with Crippen molar-refractivity contribution in [1.82, 2.24) is 10.2 Å². The predicted molar refractivity (Wildman–Crippen MR) is 66.9 cm³/mol. The Bertz CT molecular complexity index is 578. The Morgan fingerprint density at radius 2 is 2.06 bits per heavy atom. The third-order valence-electron chi connectivity index (χ3n) is 2.01. The van der Waals surface area contributed by atoms with Crippen LogP contribution in [0.3, 0.4) is 0 Å². The first-order valence-electron chi connectivity index (χ1n) is 5.13. The van der Waals surface area contributed by atoms with Crippen molar-refractivity contribution in [2.45, 2.75) is 12.1 Å². The van der Waals surface area contributed by atoms with Crippen LogP contribution in [0.2, 0.25) is 0 Å². The zero-order chi connectivity index (χ0) is 13.0. The van der Waals surface area contributed by atoms with E-state index in [1.807, 2.05) is 30.3 Å². The molecule has 0 atom stereocenters. The summed E-state index contributed by atoms with van der Waals surface area (Å²) in [7, 11) is 0. The van der Waals surface area contributed by atoms with Gasteiger partial charge in [-0.05, 0) is 23.4 Å². The smallest absolute Gasteiger partial charge is 0.342 e. The third-order valence-corrected chi connectivity index (χ3v) is 2.86. The van der Waals surface area contributed by atoms with Crippen LogP contribution in [0.15, 0.2) is 44.9 Å². The molecular weight excluding hydrogens is 252 g/mol. The number of carboxylic acid groups (broad SMARTS) is 1. The molecule has 0 fully saturated rings. The van der Waals surface area contributed by atoms with Crippen LogP contribution >= 0.6 is 11.8 Å². The summed E-state index contributed by atoms with van der Waals surface area (Å²) in [6.07, 6.45) is 1.56. The molecule has 0 unspecified atom stereocenters. The van der Waals surface area contributed by atoms with Crippen molar-refractivity contribution in [1.29, 1.82) is 0 Å². The SMILES string of the molecule is Cc1nnc(S/C(=C\c2ccccc2)C(=O)O)o1. The Labute approximate surface area is 108 Å². The lowest BCUT2D eigenvalue weighted by Crippen LogP contribution is -1.96. The van der Waals surface area contributed by atoms with E-state index in [1.54, 1.807) is 13.0 Å². The van der Waals surface area contributed by atoms with Gasteiger partial charge >= 0.3 is 5.97 Å². The summed E-state index contributed by atoms with van der Waals surface area (Å²) in [6, 6.07) is 9.19. The van der Waals surface area contributed by atoms with Gasteiger partial charge in [0.15, 0.2) is 0 Å². The van der Waals surface area contributed by atoms with Crippen molar-refractivity contribution < 1.29 is 14.3 Å². The highest BCUT2D eigenvalue weighted by Crippen LogP contribution is 2.27. The number of aliphatic carboxylic acids is 1. The average Bonchev–Trinajstić information content (AvgIpc) is 2.75. The quantitative estimate of drug-likeness (QED) is 0.674. The van der Waals surface area contributed by atoms with Gasteiger partial charge in [-0.25, -0.2) is 4.79 Å². The second-order valence-electron chi connectivity index (χ2n) is 3.41. The molecule has 0 aliphatic heterocycles. The van der Waals surface area contributed by atoms with Gasteiger partial charge in [0.05, 0.1) is 0 Å². The Kier molecular flexibility index (Phi) is 3.78. The van der Waals surface area contributed by atoms with Crippen LogP contribution in [0.25, 0.3) is 6.08 Å². The normalized spacial score (nSPS) is 11.5. The summed E-state index contributed by atoms with van der Waals surface area (Å²) in [5.74, 6) is -0.623. The van der Waals surface area contributed by atoms with E-state index >= 15 is 0 Å². The number of hydrogen-bond donors (Lipinski definition) is 1. The first kappa shape index (κ1) is 12.4. The summed E-state index contributed by atoms with van der Waals surface area (Å²) in [5, 5.41) is 16.7. The molecule has 0 saturated carbocycles. The monoisotopic (exact) mass is 262 g/mol. The van der Waals surface area contributed by atoms with E-state index in [4.69, 9.17) is 9.52 Å². The molecule has 0 radical (unpaired) electrons. The van der Waals surface area contributed by atoms with Crippen molar-refractivity contribution in [3.63, 3.8) is 0 Å². The molecule has 1 aromatic carbocycles. The number of nitrogens with zero attached hydrogens (tertiary/aromatic N) is 2. The van der Waals surface area contributed by atoms with Crippen molar-refractivity contribution in [3.8, 4) is 0 Å². The van der Waals surface area contributed by atoms with Gasteiger partial charge in [-0.3, -0.25) is 0 Å². The maximum absolute atomic E-state index is 11.1. The molecule has 0 amide bonds. The molecule has 0 aliphatic carbocycles. The number of carboxylic acids is 1. The number of thioether (sulfide) groups is 1. The largest absolute Gasteiger partial charge is 0.477 e. The first-order chi connectivity index (χ1) is 8.65. The first-order valence-corrected chi connectivity index (χ1v) is 5.95. The minimum Gasteiger partial charge on any atom is -0.477 e. The third kappa shape index (κ3) is 3.21. The molecule has 5 nitrogen and oxygen atoms in total. The Morgan fingerprint density at radius 3 is 2.61 bits per heavy atom. The summed E-state index contributed by atoms with van der Waals surface area (Å²) in [6.45, 7) is 1.65. The van der Waals surface area contributed by atoms with Gasteiger partial charge in [0.1, 0.15) is 4.91 Å². The van der Waals surface area contributed by atoms with Crippen LogP contribution in [0, 0.1) is 6.92 Å². The fourth-order valence-electron chi connectivity index (χ4n) is 1.25. The van der Waals surface area contributed by atoms with E-state index < -0.39 is 5.97 Å². The van der Waals surface area contributed by atoms with Gasteiger partial charge in [0, 0.05) is 6.92 Å². The van der Waals surface area contributed by atoms with Gasteiger partial charge < -0.3 is 9.52 Å². The van der Waals surface area contributed by atoms with Crippen LogP contribution in [0.5, 0.6) is 0 Å². The van der Waals surface area contributed by atoms with E-state index in [9.17, 15) is 4.79 Å². The fourth-order valence-corrected chi connectivity index (χ4v) is 1.96. The Balaban J connectivity index is 2.24. The van der Waals surface area contributed by atoms with E-state index in [2.05, 4.69) is 10.2 Å². The maximum atomic E-state index is 11.1. The minimum absolute atomic E-state index is 0.129. The highest BCUT2D eigenvalue weighted by Gasteiger charge is 2.13. The highest BCUT2D eigenvalue weighted by molar-refractivity contribution is 8.03.